The average Bonchev–Trinajstić information content (AvgIpc) is 2.86. The molecule has 1 atom stereocenters. The summed E-state index contributed by atoms with van der Waals surface area (Å²) in [6.07, 6.45) is 2.25. The van der Waals surface area contributed by atoms with Crippen LogP contribution in [0.2, 0.25) is 4.34 Å². The van der Waals surface area contributed by atoms with Gasteiger partial charge in [-0.25, -0.2) is 4.98 Å². The van der Waals surface area contributed by atoms with Gasteiger partial charge in [-0.05, 0) is 19.1 Å². The van der Waals surface area contributed by atoms with E-state index in [0.29, 0.717) is 6.42 Å². The molecule has 1 unspecified atom stereocenters. The summed E-state index contributed by atoms with van der Waals surface area (Å²) in [6.45, 7) is 2.85. The van der Waals surface area contributed by atoms with E-state index in [1.54, 1.807) is 6.33 Å². The van der Waals surface area contributed by atoms with Crippen LogP contribution in [0.15, 0.2) is 18.5 Å². The Morgan fingerprint density at radius 2 is 2.38 bits per heavy atom. The summed E-state index contributed by atoms with van der Waals surface area (Å²) >= 11 is 7.39. The molecule has 2 N–H and O–H groups in total. The standard InChI is InChI=1S/C10H13ClN4S/c1-2-15-10(13-6-14-15)5-7(12)8-3-4-9(11)16-8/h3-4,6-7H,2,5,12H2,1H3. The van der Waals surface area contributed by atoms with Gasteiger partial charge in [-0.1, -0.05) is 11.6 Å². The van der Waals surface area contributed by atoms with E-state index in [9.17, 15) is 0 Å². The summed E-state index contributed by atoms with van der Waals surface area (Å²) < 4.78 is 2.62. The van der Waals surface area contributed by atoms with Crippen molar-refractivity contribution in [3.05, 3.63) is 33.5 Å². The lowest BCUT2D eigenvalue weighted by Crippen LogP contribution is -2.15. The molecule has 6 heteroatoms. The van der Waals surface area contributed by atoms with Gasteiger partial charge in [0.05, 0.1) is 4.34 Å². The average molecular weight is 257 g/mol. The molecule has 0 amide bonds. The predicted octanol–water partition coefficient (Wildman–Crippen LogP) is 2.26. The minimum Gasteiger partial charge on any atom is -0.323 e. The van der Waals surface area contributed by atoms with Crippen LogP contribution in [0.25, 0.3) is 0 Å². The first kappa shape index (κ1) is 11.6. The number of nitrogens with zero attached hydrogens (tertiary/aromatic N) is 3. The van der Waals surface area contributed by atoms with Crippen LogP contribution in [-0.2, 0) is 13.0 Å². The van der Waals surface area contributed by atoms with E-state index in [1.165, 1.54) is 11.3 Å². The first-order valence-corrected chi connectivity index (χ1v) is 6.27. The highest BCUT2D eigenvalue weighted by atomic mass is 35.5. The van der Waals surface area contributed by atoms with Gasteiger partial charge in [0.25, 0.3) is 0 Å². The van der Waals surface area contributed by atoms with Gasteiger partial charge in [0.2, 0.25) is 0 Å². The Bertz CT molecular complexity index is 465. The molecule has 0 aliphatic heterocycles. The number of thiophene rings is 1. The molecule has 0 spiro atoms. The number of nitrogens with two attached hydrogens (primary N) is 1. The smallest absolute Gasteiger partial charge is 0.138 e. The number of aryl methyl sites for hydroxylation is 1. The molecule has 0 bridgehead atoms. The zero-order valence-electron chi connectivity index (χ0n) is 8.93. The fourth-order valence-corrected chi connectivity index (χ4v) is 2.60. The molecule has 2 heterocycles. The van der Waals surface area contributed by atoms with E-state index in [1.807, 2.05) is 23.7 Å². The third-order valence-electron chi connectivity index (χ3n) is 2.36. The van der Waals surface area contributed by atoms with E-state index in [2.05, 4.69) is 10.1 Å². The molecule has 0 fully saturated rings. The van der Waals surface area contributed by atoms with Crippen molar-refractivity contribution in [2.24, 2.45) is 5.73 Å². The lowest BCUT2D eigenvalue weighted by atomic mass is 10.2. The molecule has 4 nitrogen and oxygen atoms in total. The van der Waals surface area contributed by atoms with Gasteiger partial charge in [0.15, 0.2) is 0 Å². The molecular weight excluding hydrogens is 244 g/mol. The first-order chi connectivity index (χ1) is 7.70. The summed E-state index contributed by atoms with van der Waals surface area (Å²) in [5.41, 5.74) is 6.09. The van der Waals surface area contributed by atoms with Crippen LogP contribution in [0.1, 0.15) is 23.7 Å². The summed E-state index contributed by atoms with van der Waals surface area (Å²) in [6, 6.07) is 3.77. The van der Waals surface area contributed by atoms with Crippen molar-refractivity contribution in [3.63, 3.8) is 0 Å². The fourth-order valence-electron chi connectivity index (χ4n) is 1.54. The van der Waals surface area contributed by atoms with E-state index in [-0.39, 0.29) is 6.04 Å². The molecule has 2 rings (SSSR count). The van der Waals surface area contributed by atoms with E-state index in [4.69, 9.17) is 17.3 Å². The normalized spacial score (nSPS) is 12.9. The Morgan fingerprint density at radius 3 is 3.00 bits per heavy atom. The summed E-state index contributed by atoms with van der Waals surface area (Å²) in [5, 5.41) is 4.11. The molecule has 86 valence electrons. The number of halogens is 1. The predicted molar refractivity (Wildman–Crippen MR) is 65.7 cm³/mol. The molecular formula is C10H13ClN4S. The Morgan fingerprint density at radius 1 is 1.56 bits per heavy atom. The zero-order chi connectivity index (χ0) is 11.5. The van der Waals surface area contributed by atoms with E-state index >= 15 is 0 Å². The van der Waals surface area contributed by atoms with Crippen LogP contribution in [0.3, 0.4) is 0 Å². The Hall–Kier alpha value is -0.910. The van der Waals surface area contributed by atoms with Gasteiger partial charge < -0.3 is 5.73 Å². The van der Waals surface area contributed by atoms with Crippen LogP contribution < -0.4 is 5.73 Å². The number of hydrogen-bond acceptors (Lipinski definition) is 4. The maximum Gasteiger partial charge on any atom is 0.138 e. The summed E-state index contributed by atoms with van der Waals surface area (Å²) in [4.78, 5) is 5.28. The molecule has 0 aliphatic rings. The van der Waals surface area contributed by atoms with Crippen molar-refractivity contribution in [3.8, 4) is 0 Å². The Kier molecular flexibility index (Phi) is 3.58. The second-order valence-electron chi connectivity index (χ2n) is 3.44. The van der Waals surface area contributed by atoms with Crippen LogP contribution in [0, 0.1) is 0 Å². The van der Waals surface area contributed by atoms with Crippen LogP contribution in [0.4, 0.5) is 0 Å². The molecule has 0 saturated carbocycles. The number of rotatable bonds is 4. The van der Waals surface area contributed by atoms with Gasteiger partial charge in [-0.15, -0.1) is 11.3 Å². The highest BCUT2D eigenvalue weighted by Crippen LogP contribution is 2.27. The second kappa shape index (κ2) is 4.95. The maximum atomic E-state index is 6.09. The lowest BCUT2D eigenvalue weighted by Gasteiger charge is -2.09. The molecule has 2 aromatic rings. The minimum atomic E-state index is -0.0630. The van der Waals surface area contributed by atoms with Crippen molar-refractivity contribution in [2.75, 3.05) is 0 Å². The third-order valence-corrected chi connectivity index (χ3v) is 3.72. The van der Waals surface area contributed by atoms with Gasteiger partial charge in [0.1, 0.15) is 12.2 Å². The topological polar surface area (TPSA) is 56.7 Å². The molecule has 0 saturated heterocycles. The van der Waals surface area contributed by atoms with Crippen molar-refractivity contribution >= 4 is 22.9 Å². The van der Waals surface area contributed by atoms with Crippen molar-refractivity contribution in [1.29, 1.82) is 0 Å². The SMILES string of the molecule is CCn1ncnc1CC(N)c1ccc(Cl)s1. The quantitative estimate of drug-likeness (QED) is 0.913. The highest BCUT2D eigenvalue weighted by molar-refractivity contribution is 7.16. The van der Waals surface area contributed by atoms with Crippen LogP contribution >= 0.6 is 22.9 Å². The highest BCUT2D eigenvalue weighted by Gasteiger charge is 2.13. The molecule has 16 heavy (non-hydrogen) atoms. The fraction of sp³-hybridized carbons (Fsp3) is 0.400. The van der Waals surface area contributed by atoms with Crippen molar-refractivity contribution in [2.45, 2.75) is 25.9 Å². The Balaban J connectivity index is 2.10. The monoisotopic (exact) mass is 256 g/mol. The third kappa shape index (κ3) is 2.42. The Labute approximate surface area is 103 Å². The van der Waals surface area contributed by atoms with Gasteiger partial charge >= 0.3 is 0 Å². The van der Waals surface area contributed by atoms with E-state index < -0.39 is 0 Å². The maximum absolute atomic E-state index is 6.09. The summed E-state index contributed by atoms with van der Waals surface area (Å²) in [5.74, 6) is 0.916. The van der Waals surface area contributed by atoms with Crippen LogP contribution in [0.5, 0.6) is 0 Å². The summed E-state index contributed by atoms with van der Waals surface area (Å²) in [7, 11) is 0. The van der Waals surface area contributed by atoms with Crippen molar-refractivity contribution < 1.29 is 0 Å². The number of hydrogen-bond donors (Lipinski definition) is 1. The second-order valence-corrected chi connectivity index (χ2v) is 5.19. The first-order valence-electron chi connectivity index (χ1n) is 5.08. The van der Waals surface area contributed by atoms with Crippen LogP contribution in [-0.4, -0.2) is 14.8 Å². The van der Waals surface area contributed by atoms with E-state index in [0.717, 1.165) is 21.6 Å². The molecule has 0 aromatic carbocycles. The lowest BCUT2D eigenvalue weighted by molar-refractivity contribution is 0.584. The molecule has 0 radical (unpaired) electrons. The molecule has 2 aromatic heterocycles. The van der Waals surface area contributed by atoms with Gasteiger partial charge in [-0.3, -0.25) is 4.68 Å². The van der Waals surface area contributed by atoms with Gasteiger partial charge in [0, 0.05) is 23.9 Å². The van der Waals surface area contributed by atoms with Gasteiger partial charge in [-0.2, -0.15) is 5.10 Å². The van der Waals surface area contributed by atoms with Crippen molar-refractivity contribution in [1.82, 2.24) is 14.8 Å². The largest absolute Gasteiger partial charge is 0.323 e. The molecule has 0 aliphatic carbocycles. The zero-order valence-corrected chi connectivity index (χ0v) is 10.5. The number of aromatic nitrogens is 3. The minimum absolute atomic E-state index is 0.0630.